The zero-order valence-corrected chi connectivity index (χ0v) is 18.0. The first-order valence-corrected chi connectivity index (χ1v) is 10.5. The van der Waals surface area contributed by atoms with E-state index in [1.165, 1.54) is 23.3 Å². The van der Waals surface area contributed by atoms with E-state index in [4.69, 9.17) is 0 Å². The molecule has 0 radical (unpaired) electrons. The molecule has 0 aliphatic rings. The number of hydrogen-bond acceptors (Lipinski definition) is 3. The third kappa shape index (κ3) is 4.03. The van der Waals surface area contributed by atoms with Gasteiger partial charge in [-0.15, -0.1) is 0 Å². The number of fused-ring (bicyclic) bond motifs is 1. The highest BCUT2D eigenvalue weighted by Gasteiger charge is 2.10. The van der Waals surface area contributed by atoms with Gasteiger partial charge in [-0.1, -0.05) is 18.2 Å². The molecule has 5 rings (SSSR count). The maximum atomic E-state index is 13.3. The van der Waals surface area contributed by atoms with Crippen molar-refractivity contribution in [2.45, 2.75) is 6.54 Å². The van der Waals surface area contributed by atoms with Gasteiger partial charge in [0.05, 0.1) is 17.6 Å². The van der Waals surface area contributed by atoms with E-state index in [1.54, 1.807) is 18.3 Å². The van der Waals surface area contributed by atoms with Crippen LogP contribution < -0.4 is 0 Å². The predicted molar refractivity (Wildman–Crippen MR) is 127 cm³/mol. The fourth-order valence-electron chi connectivity index (χ4n) is 3.96. The van der Waals surface area contributed by atoms with Crippen LogP contribution >= 0.6 is 0 Å². The van der Waals surface area contributed by atoms with Gasteiger partial charge in [-0.25, -0.2) is 9.37 Å². The first kappa shape index (κ1) is 20.1. The molecule has 3 heterocycles. The minimum atomic E-state index is -0.255. The van der Waals surface area contributed by atoms with E-state index in [1.807, 2.05) is 18.3 Å². The number of hydrogen-bond donors (Lipinski definition) is 0. The van der Waals surface area contributed by atoms with Gasteiger partial charge in [0, 0.05) is 30.1 Å². The molecule has 0 spiro atoms. The van der Waals surface area contributed by atoms with E-state index in [2.05, 4.69) is 76.0 Å². The highest BCUT2D eigenvalue weighted by molar-refractivity contribution is 5.73. The van der Waals surface area contributed by atoms with Gasteiger partial charge in [0.25, 0.3) is 0 Å². The summed E-state index contributed by atoms with van der Waals surface area (Å²) in [4.78, 5) is 11.3. The number of nitrogens with zero attached hydrogens (tertiary/aromatic N) is 4. The molecule has 2 aromatic carbocycles. The summed E-state index contributed by atoms with van der Waals surface area (Å²) < 4.78 is 15.4. The summed E-state index contributed by atoms with van der Waals surface area (Å²) in [5.41, 5.74) is 8.15. The maximum Gasteiger partial charge on any atom is 0.137 e. The fraction of sp³-hybridized carbons (Fsp3) is 0.111. The van der Waals surface area contributed by atoms with Crippen LogP contribution in [0.3, 0.4) is 0 Å². The van der Waals surface area contributed by atoms with Crippen LogP contribution in [0.1, 0.15) is 5.56 Å². The van der Waals surface area contributed by atoms with E-state index < -0.39 is 0 Å². The lowest BCUT2D eigenvalue weighted by Gasteiger charge is -2.11. The molecule has 0 aliphatic heterocycles. The molecule has 0 bridgehead atoms. The number of benzene rings is 2. The first-order chi connectivity index (χ1) is 15.6. The molecule has 0 aliphatic carbocycles. The molecule has 0 saturated carbocycles. The Hall–Kier alpha value is -3.83. The SMILES string of the molecule is CN(C)Cc1cccc(-c2ccn3c(-c4ccnc(-c5ccc(F)cc5)c4)cnc3c2)c1. The Labute approximate surface area is 186 Å². The van der Waals surface area contributed by atoms with Crippen molar-refractivity contribution in [1.29, 1.82) is 0 Å². The van der Waals surface area contributed by atoms with Crippen molar-refractivity contribution in [3.63, 3.8) is 0 Å². The Kier molecular flexibility index (Phi) is 5.25. The van der Waals surface area contributed by atoms with Crippen LogP contribution in [0.2, 0.25) is 0 Å². The van der Waals surface area contributed by atoms with Gasteiger partial charge in [0.15, 0.2) is 0 Å². The molecule has 158 valence electrons. The first-order valence-electron chi connectivity index (χ1n) is 10.5. The topological polar surface area (TPSA) is 33.4 Å². The molecule has 32 heavy (non-hydrogen) atoms. The summed E-state index contributed by atoms with van der Waals surface area (Å²) in [7, 11) is 4.15. The maximum absolute atomic E-state index is 13.3. The lowest BCUT2D eigenvalue weighted by atomic mass is 10.0. The predicted octanol–water partition coefficient (Wildman–Crippen LogP) is 5.93. The van der Waals surface area contributed by atoms with E-state index in [0.29, 0.717) is 0 Å². The van der Waals surface area contributed by atoms with Crippen LogP contribution in [-0.2, 0) is 6.54 Å². The minimum Gasteiger partial charge on any atom is -0.305 e. The fourth-order valence-corrected chi connectivity index (χ4v) is 3.96. The highest BCUT2D eigenvalue weighted by Crippen LogP contribution is 2.28. The number of halogens is 1. The van der Waals surface area contributed by atoms with Crippen molar-refractivity contribution >= 4 is 5.65 Å². The standard InChI is InChI=1S/C27H23FN4/c1-31(2)18-19-4-3-5-21(14-19)22-11-13-32-26(17-30-27(32)16-22)23-10-12-29-25(15-23)20-6-8-24(28)9-7-20/h3-17H,18H2,1-2H3. The molecule has 0 saturated heterocycles. The van der Waals surface area contributed by atoms with E-state index in [0.717, 1.165) is 40.3 Å². The summed E-state index contributed by atoms with van der Waals surface area (Å²) >= 11 is 0. The summed E-state index contributed by atoms with van der Waals surface area (Å²) in [6.07, 6.45) is 5.72. The molecule has 4 nitrogen and oxygen atoms in total. The number of imidazole rings is 1. The molecule has 0 atom stereocenters. The molecule has 5 aromatic rings. The van der Waals surface area contributed by atoms with Crippen molar-refractivity contribution in [3.8, 4) is 33.6 Å². The van der Waals surface area contributed by atoms with Crippen LogP contribution in [0.4, 0.5) is 4.39 Å². The van der Waals surface area contributed by atoms with Crippen LogP contribution in [0, 0.1) is 5.82 Å². The van der Waals surface area contributed by atoms with Gasteiger partial charge in [0.2, 0.25) is 0 Å². The number of pyridine rings is 2. The van der Waals surface area contributed by atoms with Crippen molar-refractivity contribution in [1.82, 2.24) is 19.3 Å². The van der Waals surface area contributed by atoms with Gasteiger partial charge >= 0.3 is 0 Å². The van der Waals surface area contributed by atoms with Crippen LogP contribution in [0.15, 0.2) is 91.4 Å². The monoisotopic (exact) mass is 422 g/mol. The largest absolute Gasteiger partial charge is 0.305 e. The van der Waals surface area contributed by atoms with Crippen molar-refractivity contribution < 1.29 is 4.39 Å². The highest BCUT2D eigenvalue weighted by atomic mass is 19.1. The molecular formula is C27H23FN4. The van der Waals surface area contributed by atoms with Gasteiger partial charge in [-0.3, -0.25) is 9.38 Å². The summed E-state index contributed by atoms with van der Waals surface area (Å²) in [5, 5.41) is 0. The Morgan fingerprint density at radius 2 is 1.62 bits per heavy atom. The Balaban J connectivity index is 1.50. The molecule has 0 amide bonds. The second-order valence-corrected chi connectivity index (χ2v) is 8.16. The van der Waals surface area contributed by atoms with E-state index in [9.17, 15) is 4.39 Å². The molecular weight excluding hydrogens is 399 g/mol. The summed E-state index contributed by atoms with van der Waals surface area (Å²) in [5.74, 6) is -0.255. The van der Waals surface area contributed by atoms with Crippen molar-refractivity contribution in [2.75, 3.05) is 14.1 Å². The average molecular weight is 423 g/mol. The van der Waals surface area contributed by atoms with Crippen LogP contribution in [0.5, 0.6) is 0 Å². The zero-order valence-electron chi connectivity index (χ0n) is 18.0. The molecule has 3 aromatic heterocycles. The van der Waals surface area contributed by atoms with Crippen LogP contribution in [0.25, 0.3) is 39.3 Å². The van der Waals surface area contributed by atoms with Gasteiger partial charge in [-0.2, -0.15) is 0 Å². The quantitative estimate of drug-likeness (QED) is 0.352. The second kappa shape index (κ2) is 8.36. The molecule has 0 unspecified atom stereocenters. The van der Waals surface area contributed by atoms with Gasteiger partial charge in [0.1, 0.15) is 11.5 Å². The van der Waals surface area contributed by atoms with Crippen molar-refractivity contribution in [3.05, 3.63) is 103 Å². The summed E-state index contributed by atoms with van der Waals surface area (Å²) in [6.45, 7) is 0.905. The van der Waals surface area contributed by atoms with E-state index >= 15 is 0 Å². The molecule has 5 heteroatoms. The molecule has 0 fully saturated rings. The van der Waals surface area contributed by atoms with E-state index in [-0.39, 0.29) is 5.82 Å². The Morgan fingerprint density at radius 3 is 2.44 bits per heavy atom. The number of aromatic nitrogens is 3. The smallest absolute Gasteiger partial charge is 0.137 e. The zero-order chi connectivity index (χ0) is 22.1. The Bertz CT molecular complexity index is 1390. The van der Waals surface area contributed by atoms with Crippen LogP contribution in [-0.4, -0.2) is 33.4 Å². The lowest BCUT2D eigenvalue weighted by Crippen LogP contribution is -2.10. The summed E-state index contributed by atoms with van der Waals surface area (Å²) in [6, 6.07) is 23.2. The third-order valence-electron chi connectivity index (χ3n) is 5.47. The normalized spacial score (nSPS) is 11.4. The Morgan fingerprint density at radius 1 is 0.812 bits per heavy atom. The van der Waals surface area contributed by atoms with Gasteiger partial charge < -0.3 is 4.90 Å². The van der Waals surface area contributed by atoms with Crippen molar-refractivity contribution in [2.24, 2.45) is 0 Å². The lowest BCUT2D eigenvalue weighted by molar-refractivity contribution is 0.402. The minimum absolute atomic E-state index is 0.255. The number of rotatable bonds is 5. The third-order valence-corrected chi connectivity index (χ3v) is 5.47. The molecule has 0 N–H and O–H groups in total. The second-order valence-electron chi connectivity index (χ2n) is 8.16. The van der Waals surface area contributed by atoms with Gasteiger partial charge in [-0.05, 0) is 85.4 Å². The average Bonchev–Trinajstić information content (AvgIpc) is 3.23.